The van der Waals surface area contributed by atoms with Gasteiger partial charge in [0.25, 0.3) is 5.91 Å². The van der Waals surface area contributed by atoms with Crippen molar-refractivity contribution >= 4 is 24.0 Å². The highest BCUT2D eigenvalue weighted by atomic mass is 35.5. The first-order valence-corrected chi connectivity index (χ1v) is 8.92. The fourth-order valence-corrected chi connectivity index (χ4v) is 3.69. The number of carbonyl (C=O) groups is 1. The van der Waals surface area contributed by atoms with Gasteiger partial charge in [-0.1, -0.05) is 19.1 Å². The number of likely N-dealkylation sites (tertiary alicyclic amines) is 1. The van der Waals surface area contributed by atoms with Gasteiger partial charge in [-0.15, -0.1) is 12.4 Å². The number of hydrogen-bond acceptors (Lipinski definition) is 3. The lowest BCUT2D eigenvalue weighted by molar-refractivity contribution is -0.0570. The fourth-order valence-electron chi connectivity index (χ4n) is 3.69. The minimum atomic E-state index is 0. The third-order valence-corrected chi connectivity index (χ3v) is 5.27. The molecule has 1 aromatic rings. The van der Waals surface area contributed by atoms with Gasteiger partial charge in [-0.2, -0.15) is 0 Å². The molecule has 1 aliphatic heterocycles. The first kappa shape index (κ1) is 19.1. The summed E-state index contributed by atoms with van der Waals surface area (Å²) < 4.78 is 6.28. The molecule has 2 aliphatic rings. The zero-order valence-corrected chi connectivity index (χ0v) is 15.3. The molecule has 0 aromatic heterocycles. The number of nitrogen functional groups attached to an aromatic ring is 1. The van der Waals surface area contributed by atoms with Crippen molar-refractivity contribution in [3.8, 4) is 0 Å². The SMILES string of the molecule is CC1CCC(OC2CCN(C(=O)c3ccccc3N)CC2)CC1.Cl. The second kappa shape index (κ2) is 8.72. The largest absolute Gasteiger partial charge is 0.398 e. The van der Waals surface area contributed by atoms with Gasteiger partial charge < -0.3 is 15.4 Å². The molecule has 1 heterocycles. The summed E-state index contributed by atoms with van der Waals surface area (Å²) in [6, 6.07) is 7.32. The Bertz CT molecular complexity index is 536. The number of piperidine rings is 1. The molecule has 1 saturated heterocycles. The van der Waals surface area contributed by atoms with Crippen molar-refractivity contribution in [1.29, 1.82) is 0 Å². The predicted octanol–water partition coefficient (Wildman–Crippen LogP) is 3.89. The van der Waals surface area contributed by atoms with Gasteiger partial charge in [-0.25, -0.2) is 0 Å². The number of ether oxygens (including phenoxy) is 1. The highest BCUT2D eigenvalue weighted by Gasteiger charge is 2.28. The smallest absolute Gasteiger partial charge is 0.255 e. The third kappa shape index (κ3) is 4.64. The first-order valence-electron chi connectivity index (χ1n) is 8.92. The molecule has 0 unspecified atom stereocenters. The molecule has 0 atom stereocenters. The summed E-state index contributed by atoms with van der Waals surface area (Å²) in [7, 11) is 0. The number of halogens is 1. The molecule has 5 heteroatoms. The third-order valence-electron chi connectivity index (χ3n) is 5.27. The number of anilines is 1. The van der Waals surface area contributed by atoms with Crippen molar-refractivity contribution in [2.24, 2.45) is 5.92 Å². The molecule has 4 nitrogen and oxygen atoms in total. The summed E-state index contributed by atoms with van der Waals surface area (Å²) in [6.45, 7) is 3.86. The van der Waals surface area contributed by atoms with Gasteiger partial charge in [0.05, 0.1) is 17.8 Å². The van der Waals surface area contributed by atoms with Crippen molar-refractivity contribution < 1.29 is 9.53 Å². The summed E-state index contributed by atoms with van der Waals surface area (Å²) in [5, 5.41) is 0. The lowest BCUT2D eigenvalue weighted by atomic mass is 9.88. The van der Waals surface area contributed by atoms with Crippen LogP contribution < -0.4 is 5.73 Å². The Morgan fingerprint density at radius 1 is 1.04 bits per heavy atom. The van der Waals surface area contributed by atoms with Crippen LogP contribution in [0.2, 0.25) is 0 Å². The van der Waals surface area contributed by atoms with Crippen LogP contribution in [0.3, 0.4) is 0 Å². The van der Waals surface area contributed by atoms with Gasteiger partial charge in [0.1, 0.15) is 0 Å². The molecule has 1 aliphatic carbocycles. The monoisotopic (exact) mass is 352 g/mol. The molecule has 1 aromatic carbocycles. The number of carbonyl (C=O) groups excluding carboxylic acids is 1. The van der Waals surface area contributed by atoms with E-state index in [2.05, 4.69) is 6.92 Å². The molecule has 0 spiro atoms. The topological polar surface area (TPSA) is 55.6 Å². The Kier molecular flexibility index (Phi) is 6.93. The molecule has 1 amide bonds. The van der Waals surface area contributed by atoms with Crippen LogP contribution in [0.5, 0.6) is 0 Å². The highest BCUT2D eigenvalue weighted by Crippen LogP contribution is 2.28. The molecule has 2 fully saturated rings. The number of nitrogens with zero attached hydrogens (tertiary/aromatic N) is 1. The van der Waals surface area contributed by atoms with Crippen LogP contribution in [-0.4, -0.2) is 36.1 Å². The van der Waals surface area contributed by atoms with Crippen LogP contribution in [0.15, 0.2) is 24.3 Å². The van der Waals surface area contributed by atoms with Gasteiger partial charge in [-0.3, -0.25) is 4.79 Å². The Balaban J connectivity index is 0.00000208. The van der Waals surface area contributed by atoms with Crippen molar-refractivity contribution in [3.05, 3.63) is 29.8 Å². The fraction of sp³-hybridized carbons (Fsp3) is 0.632. The quantitative estimate of drug-likeness (QED) is 0.839. The van der Waals surface area contributed by atoms with Gasteiger partial charge in [-0.05, 0) is 56.6 Å². The standard InChI is InChI=1S/C19H28N2O2.ClH/c1-14-6-8-15(9-7-14)23-16-10-12-21(13-11-16)19(22)17-4-2-3-5-18(17)20;/h2-5,14-16H,6-13,20H2,1H3;1H. The lowest BCUT2D eigenvalue weighted by Gasteiger charge is -2.35. The number of hydrogen-bond donors (Lipinski definition) is 1. The minimum absolute atomic E-state index is 0. The van der Waals surface area contributed by atoms with Crippen molar-refractivity contribution in [2.75, 3.05) is 18.8 Å². The normalized spacial score (nSPS) is 25.1. The second-order valence-electron chi connectivity index (χ2n) is 7.10. The number of amides is 1. The van der Waals surface area contributed by atoms with E-state index >= 15 is 0 Å². The van der Waals surface area contributed by atoms with Crippen LogP contribution in [0, 0.1) is 5.92 Å². The molecule has 0 bridgehead atoms. The van der Waals surface area contributed by atoms with Crippen molar-refractivity contribution in [3.63, 3.8) is 0 Å². The van der Waals surface area contributed by atoms with Gasteiger partial charge in [0.15, 0.2) is 0 Å². The van der Waals surface area contributed by atoms with E-state index < -0.39 is 0 Å². The van der Waals surface area contributed by atoms with E-state index in [0.29, 0.717) is 23.5 Å². The highest BCUT2D eigenvalue weighted by molar-refractivity contribution is 5.99. The predicted molar refractivity (Wildman–Crippen MR) is 99.5 cm³/mol. The number of para-hydroxylation sites is 1. The zero-order chi connectivity index (χ0) is 16.2. The maximum atomic E-state index is 12.6. The molecule has 2 N–H and O–H groups in total. The molecule has 134 valence electrons. The number of nitrogens with two attached hydrogens (primary N) is 1. The Morgan fingerprint density at radius 2 is 1.62 bits per heavy atom. The van der Waals surface area contributed by atoms with E-state index in [0.717, 1.165) is 31.8 Å². The Hall–Kier alpha value is -1.26. The summed E-state index contributed by atoms with van der Waals surface area (Å²) in [6.07, 6.45) is 7.58. The summed E-state index contributed by atoms with van der Waals surface area (Å²) >= 11 is 0. The summed E-state index contributed by atoms with van der Waals surface area (Å²) in [5.41, 5.74) is 7.10. The van der Waals surface area contributed by atoms with Gasteiger partial charge >= 0.3 is 0 Å². The van der Waals surface area contributed by atoms with Crippen LogP contribution in [-0.2, 0) is 4.74 Å². The van der Waals surface area contributed by atoms with E-state index in [-0.39, 0.29) is 18.3 Å². The summed E-state index contributed by atoms with van der Waals surface area (Å²) in [4.78, 5) is 14.5. The maximum absolute atomic E-state index is 12.6. The number of rotatable bonds is 3. The van der Waals surface area contributed by atoms with Crippen LogP contribution >= 0.6 is 12.4 Å². The van der Waals surface area contributed by atoms with Gasteiger partial charge in [0.2, 0.25) is 0 Å². The van der Waals surface area contributed by atoms with E-state index in [1.54, 1.807) is 6.07 Å². The van der Waals surface area contributed by atoms with Crippen LogP contribution in [0.4, 0.5) is 5.69 Å². The van der Waals surface area contributed by atoms with Crippen molar-refractivity contribution in [2.45, 2.75) is 57.7 Å². The van der Waals surface area contributed by atoms with Crippen molar-refractivity contribution in [1.82, 2.24) is 4.90 Å². The lowest BCUT2D eigenvalue weighted by Crippen LogP contribution is -2.42. The van der Waals surface area contributed by atoms with E-state index in [4.69, 9.17) is 10.5 Å². The van der Waals surface area contributed by atoms with E-state index in [1.807, 2.05) is 23.1 Å². The average Bonchev–Trinajstić information content (AvgIpc) is 2.57. The molecular weight excluding hydrogens is 324 g/mol. The van der Waals surface area contributed by atoms with E-state index in [1.165, 1.54) is 25.7 Å². The van der Waals surface area contributed by atoms with Gasteiger partial charge in [0, 0.05) is 18.8 Å². The maximum Gasteiger partial charge on any atom is 0.255 e. The van der Waals surface area contributed by atoms with E-state index in [9.17, 15) is 4.79 Å². The Labute approximate surface area is 151 Å². The second-order valence-corrected chi connectivity index (χ2v) is 7.10. The molecular formula is C19H29ClN2O2. The molecule has 3 rings (SSSR count). The Morgan fingerprint density at radius 3 is 2.25 bits per heavy atom. The number of benzene rings is 1. The average molecular weight is 353 g/mol. The molecule has 24 heavy (non-hydrogen) atoms. The minimum Gasteiger partial charge on any atom is -0.398 e. The molecule has 0 radical (unpaired) electrons. The zero-order valence-electron chi connectivity index (χ0n) is 14.4. The molecule has 1 saturated carbocycles. The van der Waals surface area contributed by atoms with Crippen LogP contribution in [0.25, 0.3) is 0 Å². The van der Waals surface area contributed by atoms with Crippen LogP contribution in [0.1, 0.15) is 55.8 Å². The summed E-state index contributed by atoms with van der Waals surface area (Å²) in [5.74, 6) is 0.902. The first-order chi connectivity index (χ1) is 11.1.